The number of nitrogens with zero attached hydrogens (tertiary/aromatic N) is 4. The molecule has 3 aromatic rings. The molecule has 3 heterocycles. The third kappa shape index (κ3) is 4.91. The van der Waals surface area contributed by atoms with Gasteiger partial charge in [-0.1, -0.05) is 18.2 Å². The predicted octanol–water partition coefficient (Wildman–Crippen LogP) is 3.54. The molecule has 0 spiro atoms. The van der Waals surface area contributed by atoms with Crippen LogP contribution in [0.25, 0.3) is 11.1 Å². The zero-order valence-corrected chi connectivity index (χ0v) is 17.0. The maximum Gasteiger partial charge on any atom is 0.222 e. The van der Waals surface area contributed by atoms with Crippen LogP contribution < -0.4 is 0 Å². The van der Waals surface area contributed by atoms with Gasteiger partial charge in [0.1, 0.15) is 11.9 Å². The summed E-state index contributed by atoms with van der Waals surface area (Å²) >= 11 is 0. The Kier molecular flexibility index (Phi) is 6.18. The molecule has 1 aliphatic heterocycles. The van der Waals surface area contributed by atoms with Gasteiger partial charge in [0.25, 0.3) is 0 Å². The SMILES string of the molecule is Cn1cc(-c2ccc(C3CN(C(=O)CCCc4ccc(F)cc4)CCO3)nc2)cn1. The number of carbonyl (C=O) groups is 1. The summed E-state index contributed by atoms with van der Waals surface area (Å²) in [5.41, 5.74) is 3.88. The van der Waals surface area contributed by atoms with E-state index in [1.807, 2.05) is 36.5 Å². The molecule has 1 aliphatic rings. The van der Waals surface area contributed by atoms with E-state index < -0.39 is 0 Å². The van der Waals surface area contributed by atoms with Crippen molar-refractivity contribution in [2.45, 2.75) is 25.4 Å². The highest BCUT2D eigenvalue weighted by Crippen LogP contribution is 2.24. The Morgan fingerprint density at radius 2 is 2.00 bits per heavy atom. The fourth-order valence-electron chi connectivity index (χ4n) is 3.64. The second kappa shape index (κ2) is 9.17. The van der Waals surface area contributed by atoms with E-state index in [-0.39, 0.29) is 17.8 Å². The van der Waals surface area contributed by atoms with Crippen LogP contribution in [0.2, 0.25) is 0 Å². The molecule has 1 atom stereocenters. The normalized spacial score (nSPS) is 16.6. The standard InChI is InChI=1S/C23H25FN4O2/c1-27-15-19(14-26-27)18-7-10-21(25-13-18)22-16-28(11-12-30-22)23(29)4-2-3-17-5-8-20(24)9-6-17/h5-10,13-15,22H,2-4,11-12,16H2,1H3. The Labute approximate surface area is 175 Å². The first-order valence-electron chi connectivity index (χ1n) is 10.2. The number of hydrogen-bond donors (Lipinski definition) is 0. The summed E-state index contributed by atoms with van der Waals surface area (Å²) in [5, 5.41) is 4.19. The van der Waals surface area contributed by atoms with Crippen LogP contribution >= 0.6 is 0 Å². The molecule has 0 bridgehead atoms. The molecular weight excluding hydrogens is 383 g/mol. The molecule has 30 heavy (non-hydrogen) atoms. The minimum atomic E-state index is -0.240. The van der Waals surface area contributed by atoms with Crippen molar-refractivity contribution in [1.29, 1.82) is 0 Å². The van der Waals surface area contributed by atoms with Crippen LogP contribution in [0.1, 0.15) is 30.2 Å². The smallest absolute Gasteiger partial charge is 0.222 e. The number of aryl methyl sites for hydroxylation is 2. The Balaban J connectivity index is 1.31. The average Bonchev–Trinajstić information content (AvgIpc) is 3.21. The topological polar surface area (TPSA) is 60.2 Å². The molecule has 1 saturated heterocycles. The summed E-state index contributed by atoms with van der Waals surface area (Å²) < 4.78 is 20.6. The molecule has 1 amide bonds. The van der Waals surface area contributed by atoms with Crippen molar-refractivity contribution in [3.05, 3.63) is 72.1 Å². The number of pyridine rings is 1. The highest BCUT2D eigenvalue weighted by molar-refractivity contribution is 5.76. The molecule has 0 aliphatic carbocycles. The number of rotatable bonds is 6. The van der Waals surface area contributed by atoms with Crippen molar-refractivity contribution in [3.63, 3.8) is 0 Å². The maximum absolute atomic E-state index is 13.0. The van der Waals surface area contributed by atoms with E-state index in [0.29, 0.717) is 26.1 Å². The Morgan fingerprint density at radius 3 is 2.70 bits per heavy atom. The minimum Gasteiger partial charge on any atom is -0.368 e. The van der Waals surface area contributed by atoms with Crippen LogP contribution in [-0.2, 0) is 23.0 Å². The summed E-state index contributed by atoms with van der Waals surface area (Å²) in [5.74, 6) is -0.117. The summed E-state index contributed by atoms with van der Waals surface area (Å²) in [7, 11) is 1.88. The minimum absolute atomic E-state index is 0.123. The third-order valence-electron chi connectivity index (χ3n) is 5.34. The molecule has 2 aromatic heterocycles. The molecule has 1 aromatic carbocycles. The van der Waals surface area contributed by atoms with Crippen molar-refractivity contribution in [3.8, 4) is 11.1 Å². The van der Waals surface area contributed by atoms with Gasteiger partial charge >= 0.3 is 0 Å². The first-order valence-corrected chi connectivity index (χ1v) is 10.2. The molecule has 1 unspecified atom stereocenters. The van der Waals surface area contributed by atoms with Gasteiger partial charge in [-0.05, 0) is 36.6 Å². The van der Waals surface area contributed by atoms with E-state index in [9.17, 15) is 9.18 Å². The molecule has 1 fully saturated rings. The first kappa shape index (κ1) is 20.2. The van der Waals surface area contributed by atoms with Gasteiger partial charge in [0.15, 0.2) is 0 Å². The Morgan fingerprint density at radius 1 is 1.17 bits per heavy atom. The lowest BCUT2D eigenvalue weighted by atomic mass is 10.1. The molecular formula is C23H25FN4O2. The lowest BCUT2D eigenvalue weighted by molar-refractivity contribution is -0.139. The van der Waals surface area contributed by atoms with Crippen LogP contribution in [0.15, 0.2) is 55.0 Å². The fourth-order valence-corrected chi connectivity index (χ4v) is 3.64. The number of benzene rings is 1. The highest BCUT2D eigenvalue weighted by Gasteiger charge is 2.26. The zero-order chi connectivity index (χ0) is 20.9. The summed E-state index contributed by atoms with van der Waals surface area (Å²) in [6.07, 6.45) is 7.32. The lowest BCUT2D eigenvalue weighted by Gasteiger charge is -2.32. The monoisotopic (exact) mass is 408 g/mol. The number of ether oxygens (including phenoxy) is 1. The molecule has 156 valence electrons. The van der Waals surface area contributed by atoms with Gasteiger partial charge < -0.3 is 9.64 Å². The number of halogens is 1. The largest absolute Gasteiger partial charge is 0.368 e. The van der Waals surface area contributed by atoms with Crippen LogP contribution in [0.5, 0.6) is 0 Å². The van der Waals surface area contributed by atoms with Crippen LogP contribution in [0, 0.1) is 5.82 Å². The van der Waals surface area contributed by atoms with Gasteiger partial charge in [-0.2, -0.15) is 5.10 Å². The van der Waals surface area contributed by atoms with E-state index in [1.165, 1.54) is 12.1 Å². The van der Waals surface area contributed by atoms with E-state index in [0.717, 1.165) is 35.2 Å². The van der Waals surface area contributed by atoms with Crippen LogP contribution in [-0.4, -0.2) is 45.3 Å². The Hall–Kier alpha value is -3.06. The molecule has 0 N–H and O–H groups in total. The van der Waals surface area contributed by atoms with Crippen molar-refractivity contribution in [2.24, 2.45) is 7.05 Å². The number of aromatic nitrogens is 3. The summed E-state index contributed by atoms with van der Waals surface area (Å²) in [6.45, 7) is 1.61. The van der Waals surface area contributed by atoms with E-state index >= 15 is 0 Å². The predicted molar refractivity (Wildman–Crippen MR) is 111 cm³/mol. The van der Waals surface area contributed by atoms with Crippen molar-refractivity contribution < 1.29 is 13.9 Å². The third-order valence-corrected chi connectivity index (χ3v) is 5.34. The van der Waals surface area contributed by atoms with Gasteiger partial charge in [0.2, 0.25) is 5.91 Å². The first-order chi connectivity index (χ1) is 14.6. The Bertz CT molecular complexity index is 985. The fraction of sp³-hybridized carbons (Fsp3) is 0.348. The molecule has 6 nitrogen and oxygen atoms in total. The van der Waals surface area contributed by atoms with Gasteiger partial charge in [0.05, 0.1) is 25.0 Å². The van der Waals surface area contributed by atoms with Crippen LogP contribution in [0.4, 0.5) is 4.39 Å². The van der Waals surface area contributed by atoms with E-state index in [4.69, 9.17) is 4.74 Å². The van der Waals surface area contributed by atoms with Crippen molar-refractivity contribution >= 4 is 5.91 Å². The van der Waals surface area contributed by atoms with Crippen LogP contribution in [0.3, 0.4) is 0 Å². The number of amides is 1. The van der Waals surface area contributed by atoms with Gasteiger partial charge in [0, 0.05) is 43.5 Å². The van der Waals surface area contributed by atoms with E-state index in [1.54, 1.807) is 23.0 Å². The van der Waals surface area contributed by atoms with E-state index in [2.05, 4.69) is 10.1 Å². The van der Waals surface area contributed by atoms with Gasteiger partial charge in [-0.25, -0.2) is 4.39 Å². The highest BCUT2D eigenvalue weighted by atomic mass is 19.1. The molecule has 4 rings (SSSR count). The number of carbonyl (C=O) groups excluding carboxylic acids is 1. The second-order valence-electron chi connectivity index (χ2n) is 7.55. The van der Waals surface area contributed by atoms with Gasteiger partial charge in [-0.3, -0.25) is 14.5 Å². The van der Waals surface area contributed by atoms with Crippen molar-refractivity contribution in [2.75, 3.05) is 19.7 Å². The maximum atomic E-state index is 13.0. The summed E-state index contributed by atoms with van der Waals surface area (Å²) in [4.78, 5) is 19.1. The van der Waals surface area contributed by atoms with Gasteiger partial charge in [-0.15, -0.1) is 0 Å². The zero-order valence-electron chi connectivity index (χ0n) is 17.0. The number of morpholine rings is 1. The molecule has 0 saturated carbocycles. The second-order valence-corrected chi connectivity index (χ2v) is 7.55. The van der Waals surface area contributed by atoms with Crippen molar-refractivity contribution in [1.82, 2.24) is 19.7 Å². The molecule has 0 radical (unpaired) electrons. The lowest BCUT2D eigenvalue weighted by Crippen LogP contribution is -2.42. The quantitative estimate of drug-likeness (QED) is 0.626. The molecule has 7 heteroatoms. The average molecular weight is 408 g/mol. The number of hydrogen-bond acceptors (Lipinski definition) is 4. The summed E-state index contributed by atoms with van der Waals surface area (Å²) in [6, 6.07) is 10.4.